The molecule has 2 N–H and O–H groups in total. The number of hydrogen-bond donors (Lipinski definition) is 1. The molecular weight excluding hydrogens is 432 g/mol. The average Bonchev–Trinajstić information content (AvgIpc) is 2.88. The number of benzene rings is 2. The molecule has 1 aliphatic rings. The van der Waals surface area contributed by atoms with Gasteiger partial charge < -0.3 is 24.8 Å². The molecule has 2 aromatic carbocycles. The Balaban J connectivity index is 1.44. The smallest absolute Gasteiger partial charge is 0.257 e. The second kappa shape index (κ2) is 10.4. The maximum atomic E-state index is 13.2. The van der Waals surface area contributed by atoms with Crippen molar-refractivity contribution in [2.24, 2.45) is 0 Å². The van der Waals surface area contributed by atoms with E-state index in [-0.39, 0.29) is 17.8 Å². The highest BCUT2D eigenvalue weighted by atomic mass is 16.5. The van der Waals surface area contributed by atoms with Crippen LogP contribution in [0.5, 0.6) is 17.2 Å². The summed E-state index contributed by atoms with van der Waals surface area (Å²) in [6, 6.07) is 15.3. The Morgan fingerprint density at radius 3 is 2.38 bits per heavy atom. The van der Waals surface area contributed by atoms with Crippen molar-refractivity contribution in [2.45, 2.75) is 25.2 Å². The summed E-state index contributed by atoms with van der Waals surface area (Å²) in [6.45, 7) is 1.25. The number of ether oxygens (including phenoxy) is 3. The number of rotatable bonds is 7. The van der Waals surface area contributed by atoms with Gasteiger partial charge in [0.15, 0.2) is 11.5 Å². The highest BCUT2D eigenvalue weighted by Crippen LogP contribution is 2.34. The van der Waals surface area contributed by atoms with Gasteiger partial charge in [0.1, 0.15) is 5.75 Å². The van der Waals surface area contributed by atoms with Crippen molar-refractivity contribution in [1.82, 2.24) is 14.9 Å². The van der Waals surface area contributed by atoms with Crippen LogP contribution < -0.4 is 19.9 Å². The molecule has 34 heavy (non-hydrogen) atoms. The van der Waals surface area contributed by atoms with Crippen LogP contribution in [0.3, 0.4) is 0 Å². The van der Waals surface area contributed by atoms with E-state index >= 15 is 0 Å². The maximum absolute atomic E-state index is 13.2. The largest absolute Gasteiger partial charge is 0.497 e. The van der Waals surface area contributed by atoms with Crippen molar-refractivity contribution in [3.8, 4) is 17.2 Å². The van der Waals surface area contributed by atoms with Crippen molar-refractivity contribution in [2.75, 3.05) is 40.2 Å². The van der Waals surface area contributed by atoms with Gasteiger partial charge in [-0.3, -0.25) is 4.79 Å². The van der Waals surface area contributed by atoms with Gasteiger partial charge >= 0.3 is 0 Å². The molecule has 1 amide bonds. The minimum absolute atomic E-state index is 0.0587. The van der Waals surface area contributed by atoms with Gasteiger partial charge in [-0.25, -0.2) is 9.97 Å². The lowest BCUT2D eigenvalue weighted by atomic mass is 9.92. The molecule has 0 spiro atoms. The fraction of sp³-hybridized carbons (Fsp3) is 0.346. The predicted molar refractivity (Wildman–Crippen MR) is 130 cm³/mol. The molecule has 2 heterocycles. The quantitative estimate of drug-likeness (QED) is 0.571. The molecule has 8 heteroatoms. The zero-order chi connectivity index (χ0) is 24.1. The van der Waals surface area contributed by atoms with Crippen LogP contribution in [0.2, 0.25) is 0 Å². The van der Waals surface area contributed by atoms with E-state index in [9.17, 15) is 4.79 Å². The molecule has 0 radical (unpaired) electrons. The molecule has 0 bridgehead atoms. The zero-order valence-corrected chi connectivity index (χ0v) is 19.8. The summed E-state index contributed by atoms with van der Waals surface area (Å²) in [5.41, 5.74) is 9.49. The molecule has 1 aromatic heterocycles. The Morgan fingerprint density at radius 2 is 1.74 bits per heavy atom. The van der Waals surface area contributed by atoms with Crippen LogP contribution in [0.4, 0.5) is 5.95 Å². The van der Waals surface area contributed by atoms with E-state index < -0.39 is 0 Å². The van der Waals surface area contributed by atoms with E-state index in [1.165, 1.54) is 0 Å². The zero-order valence-electron chi connectivity index (χ0n) is 19.8. The molecular formula is C26H30N4O4. The lowest BCUT2D eigenvalue weighted by molar-refractivity contribution is 0.0708. The molecule has 0 unspecified atom stereocenters. The SMILES string of the molecule is COc1ccc(Cc2cc(C3CCN(C(=O)c4cccc(OC)c4OC)CC3)nc(N)n2)cc1. The van der Waals surface area contributed by atoms with Crippen molar-refractivity contribution < 1.29 is 19.0 Å². The standard InChI is InChI=1S/C26H30N4O4/c1-32-20-9-7-17(8-10-20)15-19-16-22(29-26(27)28-19)18-11-13-30(14-12-18)25(31)21-5-4-6-23(33-2)24(21)34-3/h4-10,16,18H,11-15H2,1-3H3,(H2,27,28,29). The summed E-state index contributed by atoms with van der Waals surface area (Å²) in [4.78, 5) is 24.0. The molecule has 0 atom stereocenters. The molecule has 3 aromatic rings. The van der Waals surface area contributed by atoms with Crippen LogP contribution in [-0.2, 0) is 6.42 Å². The molecule has 1 fully saturated rings. The number of carbonyl (C=O) groups is 1. The molecule has 4 rings (SSSR count). The topological polar surface area (TPSA) is 99.8 Å². The van der Waals surface area contributed by atoms with Crippen LogP contribution in [0.25, 0.3) is 0 Å². The van der Waals surface area contributed by atoms with Gasteiger partial charge in [-0.15, -0.1) is 0 Å². The highest BCUT2D eigenvalue weighted by molar-refractivity contribution is 5.97. The van der Waals surface area contributed by atoms with E-state index in [4.69, 9.17) is 19.9 Å². The first kappa shape index (κ1) is 23.4. The Morgan fingerprint density at radius 1 is 1.00 bits per heavy atom. The van der Waals surface area contributed by atoms with E-state index in [0.29, 0.717) is 36.6 Å². The van der Waals surface area contributed by atoms with Gasteiger partial charge in [0.05, 0.1) is 32.6 Å². The number of anilines is 1. The van der Waals surface area contributed by atoms with Gasteiger partial charge in [-0.2, -0.15) is 0 Å². The predicted octanol–water partition coefficient (Wildman–Crippen LogP) is 3.70. The fourth-order valence-corrected chi connectivity index (χ4v) is 4.40. The van der Waals surface area contributed by atoms with Gasteiger partial charge in [0.2, 0.25) is 5.95 Å². The third-order valence-electron chi connectivity index (χ3n) is 6.19. The van der Waals surface area contributed by atoms with Gasteiger partial charge in [0, 0.05) is 31.1 Å². The van der Waals surface area contributed by atoms with E-state index in [1.807, 2.05) is 35.2 Å². The number of hydrogen-bond acceptors (Lipinski definition) is 7. The molecule has 0 aliphatic carbocycles. The van der Waals surface area contributed by atoms with Crippen molar-refractivity contribution in [3.63, 3.8) is 0 Å². The number of likely N-dealkylation sites (tertiary alicyclic amines) is 1. The highest BCUT2D eigenvalue weighted by Gasteiger charge is 2.28. The van der Waals surface area contributed by atoms with E-state index in [2.05, 4.69) is 9.97 Å². The van der Waals surface area contributed by atoms with Crippen LogP contribution in [0.15, 0.2) is 48.5 Å². The molecule has 1 saturated heterocycles. The van der Waals surface area contributed by atoms with Crippen LogP contribution in [-0.4, -0.2) is 55.2 Å². The molecule has 178 valence electrons. The van der Waals surface area contributed by atoms with Gasteiger partial charge in [-0.05, 0) is 48.7 Å². The number of nitrogens with zero attached hydrogens (tertiary/aromatic N) is 3. The summed E-state index contributed by atoms with van der Waals surface area (Å²) in [5, 5.41) is 0. The maximum Gasteiger partial charge on any atom is 0.257 e. The minimum atomic E-state index is -0.0587. The summed E-state index contributed by atoms with van der Waals surface area (Å²) >= 11 is 0. The Bertz CT molecular complexity index is 1140. The van der Waals surface area contributed by atoms with Crippen LogP contribution >= 0.6 is 0 Å². The normalized spacial score (nSPS) is 14.0. The number of nitrogens with two attached hydrogens (primary N) is 1. The summed E-state index contributed by atoms with van der Waals surface area (Å²) < 4.78 is 16.0. The molecule has 1 aliphatic heterocycles. The van der Waals surface area contributed by atoms with E-state index in [0.717, 1.165) is 35.5 Å². The first-order valence-corrected chi connectivity index (χ1v) is 11.3. The first-order valence-electron chi connectivity index (χ1n) is 11.3. The second-order valence-corrected chi connectivity index (χ2v) is 8.27. The Hall–Kier alpha value is -3.81. The van der Waals surface area contributed by atoms with Crippen molar-refractivity contribution >= 4 is 11.9 Å². The lowest BCUT2D eigenvalue weighted by Gasteiger charge is -2.32. The van der Waals surface area contributed by atoms with E-state index in [1.54, 1.807) is 39.5 Å². The average molecular weight is 463 g/mol. The number of carbonyl (C=O) groups excluding carboxylic acids is 1. The van der Waals surface area contributed by atoms with Crippen LogP contribution in [0, 0.1) is 0 Å². The Labute approximate surface area is 199 Å². The second-order valence-electron chi connectivity index (χ2n) is 8.27. The number of nitrogen functional groups attached to an aromatic ring is 1. The fourth-order valence-electron chi connectivity index (χ4n) is 4.40. The third-order valence-corrected chi connectivity index (χ3v) is 6.19. The summed E-state index contributed by atoms with van der Waals surface area (Å²) in [6.07, 6.45) is 2.27. The third kappa shape index (κ3) is 5.06. The molecule has 8 nitrogen and oxygen atoms in total. The number of methoxy groups -OCH3 is 3. The van der Waals surface area contributed by atoms with Gasteiger partial charge in [-0.1, -0.05) is 18.2 Å². The molecule has 0 saturated carbocycles. The Kier molecular flexibility index (Phi) is 7.15. The first-order chi connectivity index (χ1) is 16.5. The lowest BCUT2D eigenvalue weighted by Crippen LogP contribution is -2.38. The minimum Gasteiger partial charge on any atom is -0.497 e. The summed E-state index contributed by atoms with van der Waals surface area (Å²) in [7, 11) is 4.76. The number of aromatic nitrogens is 2. The monoisotopic (exact) mass is 462 g/mol. The van der Waals surface area contributed by atoms with Crippen molar-refractivity contribution in [1.29, 1.82) is 0 Å². The van der Waals surface area contributed by atoms with Crippen molar-refractivity contribution in [3.05, 3.63) is 71.0 Å². The number of amides is 1. The number of para-hydroxylation sites is 1. The summed E-state index contributed by atoms with van der Waals surface area (Å²) in [5.74, 6) is 2.26. The van der Waals surface area contributed by atoms with Gasteiger partial charge in [0.25, 0.3) is 5.91 Å². The van der Waals surface area contributed by atoms with Crippen LogP contribution in [0.1, 0.15) is 46.1 Å². The number of piperidine rings is 1.